The zero-order valence-corrected chi connectivity index (χ0v) is 8.23. The van der Waals surface area contributed by atoms with Gasteiger partial charge in [0, 0.05) is 5.54 Å². The highest BCUT2D eigenvalue weighted by molar-refractivity contribution is 4.97. The molecule has 1 nitrogen and oxygen atoms in total. The van der Waals surface area contributed by atoms with Crippen LogP contribution >= 0.6 is 0 Å². The van der Waals surface area contributed by atoms with E-state index in [0.717, 1.165) is 6.42 Å². The lowest BCUT2D eigenvalue weighted by molar-refractivity contribution is 0.341. The van der Waals surface area contributed by atoms with Crippen molar-refractivity contribution in [3.05, 3.63) is 12.7 Å². The molecule has 0 aliphatic carbocycles. The van der Waals surface area contributed by atoms with E-state index in [1.165, 1.54) is 38.6 Å². The van der Waals surface area contributed by atoms with Gasteiger partial charge in [-0.05, 0) is 32.2 Å². The van der Waals surface area contributed by atoms with Crippen LogP contribution in [0.15, 0.2) is 12.7 Å². The highest BCUT2D eigenvalue weighted by Crippen LogP contribution is 2.28. The van der Waals surface area contributed by atoms with Gasteiger partial charge in [-0.15, -0.1) is 6.58 Å². The maximum atomic E-state index is 3.84. The number of nitrogens with one attached hydrogen (secondary N) is 1. The van der Waals surface area contributed by atoms with Crippen molar-refractivity contribution in [1.29, 1.82) is 0 Å². The average Bonchev–Trinajstić information content (AvgIpc) is 2.51. The molecule has 12 heavy (non-hydrogen) atoms. The minimum Gasteiger partial charge on any atom is -0.311 e. The maximum absolute atomic E-state index is 3.84. The summed E-state index contributed by atoms with van der Waals surface area (Å²) in [7, 11) is 0. The van der Waals surface area contributed by atoms with Crippen LogP contribution in [0.5, 0.6) is 0 Å². The lowest BCUT2D eigenvalue weighted by Crippen LogP contribution is -2.38. The van der Waals surface area contributed by atoms with Crippen LogP contribution in [0.25, 0.3) is 0 Å². The highest BCUT2D eigenvalue weighted by atomic mass is 15.0. The summed E-state index contributed by atoms with van der Waals surface area (Å²) in [5.74, 6) is 0. The van der Waals surface area contributed by atoms with Crippen molar-refractivity contribution < 1.29 is 0 Å². The van der Waals surface area contributed by atoms with Crippen molar-refractivity contribution >= 4 is 0 Å². The normalized spacial score (nSPS) is 29.1. The van der Waals surface area contributed by atoms with Crippen molar-refractivity contribution in [3.63, 3.8) is 0 Å². The summed E-state index contributed by atoms with van der Waals surface area (Å²) in [4.78, 5) is 0. The van der Waals surface area contributed by atoms with Gasteiger partial charge in [0.2, 0.25) is 0 Å². The molecule has 0 spiro atoms. The van der Waals surface area contributed by atoms with Gasteiger partial charge in [0.1, 0.15) is 0 Å². The maximum Gasteiger partial charge on any atom is 0.0216 e. The number of hydrogen-bond acceptors (Lipinski definition) is 1. The Bertz CT molecular complexity index is 134. The van der Waals surface area contributed by atoms with Crippen LogP contribution in [0.3, 0.4) is 0 Å². The molecule has 1 fully saturated rings. The second-order valence-corrected chi connectivity index (χ2v) is 3.91. The molecule has 1 saturated heterocycles. The lowest BCUT2D eigenvalue weighted by atomic mass is 9.88. The van der Waals surface area contributed by atoms with E-state index >= 15 is 0 Å². The molecule has 0 radical (unpaired) electrons. The molecule has 1 rings (SSSR count). The fourth-order valence-electron chi connectivity index (χ4n) is 2.15. The number of hydrogen-bond donors (Lipinski definition) is 1. The van der Waals surface area contributed by atoms with Crippen LogP contribution in [0, 0.1) is 0 Å². The van der Waals surface area contributed by atoms with E-state index in [4.69, 9.17) is 0 Å². The van der Waals surface area contributed by atoms with E-state index in [-0.39, 0.29) is 0 Å². The van der Waals surface area contributed by atoms with Crippen molar-refractivity contribution in [2.75, 3.05) is 6.54 Å². The quantitative estimate of drug-likeness (QED) is 0.621. The smallest absolute Gasteiger partial charge is 0.0216 e. The van der Waals surface area contributed by atoms with E-state index < -0.39 is 0 Å². The van der Waals surface area contributed by atoms with Crippen molar-refractivity contribution in [3.8, 4) is 0 Å². The first-order valence-electron chi connectivity index (χ1n) is 5.19. The molecule has 1 aliphatic rings. The topological polar surface area (TPSA) is 12.0 Å². The molecule has 0 aromatic carbocycles. The van der Waals surface area contributed by atoms with Crippen LogP contribution < -0.4 is 5.32 Å². The molecular formula is C11H21N. The molecular weight excluding hydrogens is 146 g/mol. The minimum absolute atomic E-state index is 0.428. The molecule has 1 atom stereocenters. The standard InChI is InChI=1S/C11H21N/c1-3-5-8-11(7-4-2)9-6-10-12-11/h4,12H,2-3,5-10H2,1H3. The molecule has 0 aromatic heterocycles. The van der Waals surface area contributed by atoms with Gasteiger partial charge >= 0.3 is 0 Å². The van der Waals surface area contributed by atoms with Gasteiger partial charge in [0.25, 0.3) is 0 Å². The Morgan fingerprint density at radius 1 is 1.58 bits per heavy atom. The van der Waals surface area contributed by atoms with Crippen molar-refractivity contribution in [2.24, 2.45) is 0 Å². The van der Waals surface area contributed by atoms with Crippen LogP contribution in [0.4, 0.5) is 0 Å². The first kappa shape index (κ1) is 9.79. The predicted molar refractivity (Wildman–Crippen MR) is 54.3 cm³/mol. The second-order valence-electron chi connectivity index (χ2n) is 3.91. The summed E-state index contributed by atoms with van der Waals surface area (Å²) in [5.41, 5.74) is 0.428. The van der Waals surface area contributed by atoms with Gasteiger partial charge in [-0.25, -0.2) is 0 Å². The Labute approximate surface area is 76.2 Å². The summed E-state index contributed by atoms with van der Waals surface area (Å²) >= 11 is 0. The Hall–Kier alpha value is -0.300. The molecule has 1 heterocycles. The molecule has 0 bridgehead atoms. The summed E-state index contributed by atoms with van der Waals surface area (Å²) < 4.78 is 0. The van der Waals surface area contributed by atoms with E-state index in [2.05, 4.69) is 24.9 Å². The molecule has 0 saturated carbocycles. The zero-order valence-electron chi connectivity index (χ0n) is 8.23. The Morgan fingerprint density at radius 2 is 2.42 bits per heavy atom. The van der Waals surface area contributed by atoms with Gasteiger partial charge in [-0.2, -0.15) is 0 Å². The van der Waals surface area contributed by atoms with E-state index in [9.17, 15) is 0 Å². The van der Waals surface area contributed by atoms with Gasteiger partial charge in [-0.1, -0.05) is 25.8 Å². The molecule has 1 heteroatoms. The summed E-state index contributed by atoms with van der Waals surface area (Å²) in [5, 5.41) is 3.63. The Morgan fingerprint density at radius 3 is 2.92 bits per heavy atom. The lowest BCUT2D eigenvalue weighted by Gasteiger charge is -2.28. The zero-order chi connectivity index (χ0) is 8.86. The van der Waals surface area contributed by atoms with Crippen LogP contribution in [0.1, 0.15) is 45.4 Å². The molecule has 1 N–H and O–H groups in total. The largest absolute Gasteiger partial charge is 0.311 e. The van der Waals surface area contributed by atoms with Crippen LogP contribution in [-0.2, 0) is 0 Å². The van der Waals surface area contributed by atoms with Crippen molar-refractivity contribution in [2.45, 2.75) is 51.0 Å². The monoisotopic (exact) mass is 167 g/mol. The number of unbranched alkanes of at least 4 members (excludes halogenated alkanes) is 1. The highest BCUT2D eigenvalue weighted by Gasteiger charge is 2.30. The van der Waals surface area contributed by atoms with E-state index in [1.807, 2.05) is 0 Å². The molecule has 0 aromatic rings. The third-order valence-corrected chi connectivity index (χ3v) is 2.88. The molecule has 70 valence electrons. The molecule has 0 amide bonds. The third kappa shape index (κ3) is 2.34. The van der Waals surface area contributed by atoms with Crippen LogP contribution in [-0.4, -0.2) is 12.1 Å². The van der Waals surface area contributed by atoms with Crippen LogP contribution in [0.2, 0.25) is 0 Å². The first-order chi connectivity index (χ1) is 5.83. The molecule has 1 aliphatic heterocycles. The Kier molecular flexibility index (Phi) is 3.80. The average molecular weight is 167 g/mol. The summed E-state index contributed by atoms with van der Waals surface area (Å²) in [6.45, 7) is 7.30. The van der Waals surface area contributed by atoms with Crippen molar-refractivity contribution in [1.82, 2.24) is 5.32 Å². The van der Waals surface area contributed by atoms with E-state index in [1.54, 1.807) is 0 Å². The van der Waals surface area contributed by atoms with Gasteiger partial charge in [-0.3, -0.25) is 0 Å². The second kappa shape index (κ2) is 4.66. The predicted octanol–water partition coefficient (Wildman–Crippen LogP) is 2.87. The fraction of sp³-hybridized carbons (Fsp3) is 0.818. The first-order valence-corrected chi connectivity index (χ1v) is 5.19. The van der Waals surface area contributed by atoms with Gasteiger partial charge < -0.3 is 5.32 Å². The minimum atomic E-state index is 0.428. The summed E-state index contributed by atoms with van der Waals surface area (Å²) in [6, 6.07) is 0. The molecule has 1 unspecified atom stereocenters. The van der Waals surface area contributed by atoms with E-state index in [0.29, 0.717) is 5.54 Å². The fourth-order valence-corrected chi connectivity index (χ4v) is 2.15. The number of rotatable bonds is 5. The third-order valence-electron chi connectivity index (χ3n) is 2.88. The van der Waals surface area contributed by atoms with Gasteiger partial charge in [0.15, 0.2) is 0 Å². The SMILES string of the molecule is C=CCC1(CCCC)CCCN1. The summed E-state index contributed by atoms with van der Waals surface area (Å²) in [6.07, 6.45) is 9.88. The Balaban J connectivity index is 2.40. The van der Waals surface area contributed by atoms with Gasteiger partial charge in [0.05, 0.1) is 0 Å².